The number of anilines is 4. The van der Waals surface area contributed by atoms with E-state index in [1.54, 1.807) is 84.9 Å². The van der Waals surface area contributed by atoms with E-state index in [0.717, 1.165) is 11.4 Å². The summed E-state index contributed by atoms with van der Waals surface area (Å²) in [6.07, 6.45) is 5.12. The van der Waals surface area contributed by atoms with Crippen LogP contribution in [0.1, 0.15) is 119 Å². The second-order valence-corrected chi connectivity index (χ2v) is 24.2. The third kappa shape index (κ3) is 11.0. The number of benzene rings is 4. The molecular weight excluding hydrogens is 1010 g/mol. The van der Waals surface area contributed by atoms with E-state index in [0.29, 0.717) is 81.8 Å². The fourth-order valence-corrected chi connectivity index (χ4v) is 12.4. The number of aromatic nitrogens is 2. The van der Waals surface area contributed by atoms with Gasteiger partial charge in [0.05, 0.1) is 20.9 Å². The summed E-state index contributed by atoms with van der Waals surface area (Å²) in [6, 6.07) is 25.4. The molecule has 2 aromatic heterocycles. The molecule has 4 aliphatic rings. The molecule has 392 valence electrons. The van der Waals surface area contributed by atoms with Crippen molar-refractivity contribution in [3.05, 3.63) is 153 Å². The van der Waals surface area contributed by atoms with Gasteiger partial charge < -0.3 is 30.8 Å². The molecule has 4 aromatic carbocycles. The lowest BCUT2D eigenvalue weighted by atomic mass is 9.75. The normalized spacial score (nSPS) is 17.2. The fraction of sp³-hybridized carbons (Fsp3) is 0.250. The third-order valence-electron chi connectivity index (χ3n) is 13.5. The number of amides is 2. The van der Waals surface area contributed by atoms with Gasteiger partial charge in [-0.05, 0) is 120 Å². The van der Waals surface area contributed by atoms with E-state index >= 15 is 0 Å². The van der Waals surface area contributed by atoms with Crippen LogP contribution < -0.4 is 20.1 Å². The van der Waals surface area contributed by atoms with Crippen LogP contribution in [0.2, 0.25) is 0 Å². The van der Waals surface area contributed by atoms with E-state index in [2.05, 4.69) is 30.0 Å². The maximum absolute atomic E-state index is 13.0. The van der Waals surface area contributed by atoms with Crippen LogP contribution in [0.3, 0.4) is 0 Å². The van der Waals surface area contributed by atoms with Crippen molar-refractivity contribution < 1.29 is 55.8 Å². The zero-order chi connectivity index (χ0) is 54.5. The van der Waals surface area contributed by atoms with Gasteiger partial charge in [0.15, 0.2) is 11.6 Å². The lowest BCUT2D eigenvalue weighted by Crippen LogP contribution is -2.27. The highest BCUT2D eigenvalue weighted by molar-refractivity contribution is 7.93. The molecule has 2 amide bonds. The van der Waals surface area contributed by atoms with Crippen molar-refractivity contribution in [2.24, 2.45) is 10.8 Å². The molecule has 10 rings (SSSR count). The van der Waals surface area contributed by atoms with Gasteiger partial charge in [0.25, 0.3) is 31.9 Å². The first-order valence-electron chi connectivity index (χ1n) is 24.3. The zero-order valence-corrected chi connectivity index (χ0v) is 43.5. The Kier molecular flexibility index (Phi) is 13.9. The highest BCUT2D eigenvalue weighted by Gasteiger charge is 2.38. The highest BCUT2D eigenvalue weighted by atomic mass is 32.2. The van der Waals surface area contributed by atoms with Crippen molar-refractivity contribution in [3.8, 4) is 0 Å². The Morgan fingerprint density at radius 3 is 1.28 bits per heavy atom. The molecule has 0 radical (unpaired) electrons. The first-order chi connectivity index (χ1) is 35.9. The van der Waals surface area contributed by atoms with E-state index in [1.807, 2.05) is 27.7 Å². The summed E-state index contributed by atoms with van der Waals surface area (Å²) in [6.45, 7) is 8.01. The van der Waals surface area contributed by atoms with Crippen molar-refractivity contribution in [2.45, 2.75) is 88.9 Å². The second kappa shape index (κ2) is 20.1. The molecule has 76 heavy (non-hydrogen) atoms. The topological polar surface area (TPSA) is 291 Å². The number of hydrogen-bond acceptors (Lipinski definition) is 10. The van der Waals surface area contributed by atoms with E-state index in [9.17, 15) is 55.8 Å². The number of carboxylic acids is 2. The summed E-state index contributed by atoms with van der Waals surface area (Å²) < 4.78 is 56.4. The zero-order valence-electron chi connectivity index (χ0n) is 41.8. The quantitative estimate of drug-likeness (QED) is 0.0474. The average molecular weight is 1070 g/mol. The Labute approximate surface area is 438 Å². The minimum Gasteiger partial charge on any atom is -0.481 e. The van der Waals surface area contributed by atoms with Crippen molar-refractivity contribution >= 4 is 101 Å². The van der Waals surface area contributed by atoms with Gasteiger partial charge in [-0.1, -0.05) is 64.1 Å². The predicted molar refractivity (Wildman–Crippen MR) is 287 cm³/mol. The van der Waals surface area contributed by atoms with Crippen LogP contribution in [0.5, 0.6) is 0 Å². The Bertz CT molecular complexity index is 3480. The number of carboxylic acid groups (broad SMARTS) is 2. The molecule has 0 fully saturated rings. The summed E-state index contributed by atoms with van der Waals surface area (Å²) in [7, 11) is -7.67. The number of ketones is 2. The monoisotopic (exact) mass is 1070 g/mol. The molecule has 20 heteroatoms. The Morgan fingerprint density at radius 1 is 0.553 bits per heavy atom. The number of nitrogens with one attached hydrogen (secondary N) is 6. The Balaban J connectivity index is 0.000000186. The fourth-order valence-electron chi connectivity index (χ4n) is 10.2. The molecule has 4 heterocycles. The van der Waals surface area contributed by atoms with Gasteiger partial charge in [-0.3, -0.25) is 38.2 Å². The molecule has 18 nitrogen and oxygen atoms in total. The number of sulfonamides is 2. The number of carbonyl (C=O) groups is 6. The van der Waals surface area contributed by atoms with Crippen LogP contribution >= 0.6 is 0 Å². The molecular formula is C56H54N6O12S2. The molecule has 0 spiro atoms. The molecule has 8 N–H and O–H groups in total. The largest absolute Gasteiger partial charge is 0.481 e. The smallest absolute Gasteiger partial charge is 0.303 e. The van der Waals surface area contributed by atoms with Gasteiger partial charge >= 0.3 is 11.9 Å². The molecule has 0 unspecified atom stereocenters. The van der Waals surface area contributed by atoms with Crippen molar-refractivity contribution in [1.29, 1.82) is 0 Å². The number of fused-ring (bicyclic) bond motifs is 4. The van der Waals surface area contributed by atoms with Crippen LogP contribution in [0.15, 0.2) is 107 Å². The highest BCUT2D eigenvalue weighted by Crippen LogP contribution is 2.43. The summed E-state index contributed by atoms with van der Waals surface area (Å²) in [5.41, 5.74) is 7.34. The molecule has 2 aliphatic heterocycles. The van der Waals surface area contributed by atoms with Gasteiger partial charge in [0.2, 0.25) is 0 Å². The van der Waals surface area contributed by atoms with Crippen molar-refractivity contribution in [1.82, 2.24) is 9.97 Å². The maximum atomic E-state index is 13.0. The maximum Gasteiger partial charge on any atom is 0.303 e. The molecule has 0 atom stereocenters. The number of rotatable bonds is 14. The third-order valence-corrected chi connectivity index (χ3v) is 16.3. The Morgan fingerprint density at radius 2 is 0.921 bits per heavy atom. The predicted octanol–water partition coefficient (Wildman–Crippen LogP) is 8.96. The summed E-state index contributed by atoms with van der Waals surface area (Å²) in [5, 5.41) is 24.1. The summed E-state index contributed by atoms with van der Waals surface area (Å²) in [4.78, 5) is 81.4. The number of hydrogen-bond donors (Lipinski definition) is 8. The average Bonchev–Trinajstić information content (AvgIpc) is 4.09. The van der Waals surface area contributed by atoms with E-state index in [4.69, 9.17) is 0 Å². The summed E-state index contributed by atoms with van der Waals surface area (Å²) in [5.74, 6) is -2.83. The first kappa shape index (κ1) is 52.5. The number of aliphatic carboxylic acids is 2. The standard InChI is InChI=1S/2C28H27N3O6S/c2*1-28(2)14-23-26(24(32)15-28)18(9-11-25(33)34)22(29-23)13-20-19-12-16(8-10-21(19)30-27(20)35)31-38(36,37)17-6-4-3-5-7-17/h2*3-8,10,12-13,29,31H,9,11,14-15H2,1-2H3,(H,30,35)(H,33,34). The van der Waals surface area contributed by atoms with Crippen molar-refractivity contribution in [3.63, 3.8) is 0 Å². The van der Waals surface area contributed by atoms with Crippen molar-refractivity contribution in [2.75, 3.05) is 20.1 Å². The van der Waals surface area contributed by atoms with Gasteiger partial charge in [0, 0.05) is 93.5 Å². The van der Waals surface area contributed by atoms with Crippen LogP contribution in [0.4, 0.5) is 22.7 Å². The van der Waals surface area contributed by atoms with E-state index < -0.39 is 32.0 Å². The van der Waals surface area contributed by atoms with Crippen LogP contribution in [-0.4, -0.2) is 72.3 Å². The first-order valence-corrected chi connectivity index (χ1v) is 27.3. The van der Waals surface area contributed by atoms with Gasteiger partial charge in [0.1, 0.15) is 0 Å². The molecule has 0 saturated heterocycles. The van der Waals surface area contributed by atoms with Gasteiger partial charge in [-0.15, -0.1) is 0 Å². The lowest BCUT2D eigenvalue weighted by Gasteiger charge is -2.28. The second-order valence-electron chi connectivity index (χ2n) is 20.8. The molecule has 2 aliphatic carbocycles. The van der Waals surface area contributed by atoms with Crippen LogP contribution in [0.25, 0.3) is 23.3 Å². The molecule has 0 saturated carbocycles. The molecule has 6 aromatic rings. The minimum atomic E-state index is -3.84. The minimum absolute atomic E-state index is 0.0496. The van der Waals surface area contributed by atoms with Gasteiger partial charge in [-0.25, -0.2) is 16.8 Å². The SMILES string of the molecule is CC1(C)CC(=O)c2c([nH]c(C=C3C(=O)Nc4ccc(NS(=O)(=O)c5ccccc5)cc43)c2CCC(=O)O)C1.CC1(C)CC(=O)c2c([nH]c(C=C3C(=O)Nc4ccc(NS(=O)(=O)c5ccccc5)cc43)c2CCC(=O)O)C1. The molecule has 0 bridgehead atoms. The summed E-state index contributed by atoms with van der Waals surface area (Å²) >= 11 is 0. The van der Waals surface area contributed by atoms with E-state index in [-0.39, 0.29) is 92.2 Å². The van der Waals surface area contributed by atoms with E-state index in [1.165, 1.54) is 24.3 Å². The van der Waals surface area contributed by atoms with Crippen LogP contribution in [-0.2, 0) is 64.9 Å². The number of aromatic amines is 2. The van der Waals surface area contributed by atoms with Crippen LogP contribution in [0, 0.1) is 10.8 Å². The van der Waals surface area contributed by atoms with Gasteiger partial charge in [-0.2, -0.15) is 0 Å². The Hall–Kier alpha value is -8.36. The number of H-pyrrole nitrogens is 2. The number of carbonyl (C=O) groups excluding carboxylic acids is 4. The lowest BCUT2D eigenvalue weighted by molar-refractivity contribution is -0.138. The number of Topliss-reactive ketones (excluding diaryl/α,β-unsaturated/α-hetero) is 2.